The lowest BCUT2D eigenvalue weighted by Crippen LogP contribution is -2.51. The summed E-state index contributed by atoms with van der Waals surface area (Å²) in [5.41, 5.74) is -0.655. The largest absolute Gasteiger partial charge is 0.481 e. The second-order valence-electron chi connectivity index (χ2n) is 5.03. The minimum absolute atomic E-state index is 0.0305. The molecule has 0 atom stereocenters. The highest BCUT2D eigenvalue weighted by molar-refractivity contribution is 5.81. The Kier molecular flexibility index (Phi) is 7.64. The van der Waals surface area contributed by atoms with Crippen molar-refractivity contribution in [3.63, 3.8) is 0 Å². The van der Waals surface area contributed by atoms with Gasteiger partial charge in [0, 0.05) is 18.5 Å². The molecule has 0 aromatic rings. The van der Waals surface area contributed by atoms with Crippen molar-refractivity contribution in [1.29, 1.82) is 0 Å². The molecule has 2 N–H and O–H groups in total. The average molecular weight is 288 g/mol. The van der Waals surface area contributed by atoms with Gasteiger partial charge < -0.3 is 20.1 Å². The third-order valence-electron chi connectivity index (χ3n) is 2.70. The molecule has 0 aliphatic carbocycles. The first kappa shape index (κ1) is 18.2. The SMILES string of the molecule is CCOC(=O)CN(CC)C(=O)NC(C)(C)CCC(=O)O. The molecule has 2 amide bonds. The maximum absolute atomic E-state index is 12.0. The van der Waals surface area contributed by atoms with Crippen LogP contribution in [0.2, 0.25) is 0 Å². The van der Waals surface area contributed by atoms with Crippen molar-refractivity contribution in [3.8, 4) is 0 Å². The van der Waals surface area contributed by atoms with Gasteiger partial charge in [-0.1, -0.05) is 0 Å². The summed E-state index contributed by atoms with van der Waals surface area (Å²) in [5, 5.41) is 11.4. The van der Waals surface area contributed by atoms with E-state index in [-0.39, 0.29) is 19.6 Å². The Labute approximate surface area is 119 Å². The first-order valence-corrected chi connectivity index (χ1v) is 6.66. The van der Waals surface area contributed by atoms with Gasteiger partial charge in [-0.05, 0) is 34.1 Å². The van der Waals surface area contributed by atoms with Gasteiger partial charge in [-0.15, -0.1) is 0 Å². The zero-order valence-electron chi connectivity index (χ0n) is 12.6. The van der Waals surface area contributed by atoms with Gasteiger partial charge in [0.05, 0.1) is 6.61 Å². The molecule has 116 valence electrons. The number of rotatable bonds is 8. The highest BCUT2D eigenvalue weighted by Crippen LogP contribution is 2.12. The second-order valence-corrected chi connectivity index (χ2v) is 5.03. The Bertz CT molecular complexity index is 355. The summed E-state index contributed by atoms with van der Waals surface area (Å²) in [7, 11) is 0. The Hall–Kier alpha value is -1.79. The molecule has 7 heteroatoms. The van der Waals surface area contributed by atoms with E-state index in [1.807, 2.05) is 0 Å². The van der Waals surface area contributed by atoms with E-state index in [4.69, 9.17) is 9.84 Å². The molecule has 0 spiro atoms. The van der Waals surface area contributed by atoms with E-state index in [0.29, 0.717) is 13.0 Å². The smallest absolute Gasteiger partial charge is 0.325 e. The molecule has 0 aliphatic rings. The first-order chi connectivity index (χ1) is 9.21. The van der Waals surface area contributed by atoms with E-state index >= 15 is 0 Å². The number of ether oxygens (including phenoxy) is 1. The number of carboxylic acids is 1. The third-order valence-corrected chi connectivity index (χ3v) is 2.70. The van der Waals surface area contributed by atoms with Gasteiger partial charge >= 0.3 is 18.0 Å². The zero-order valence-corrected chi connectivity index (χ0v) is 12.6. The minimum atomic E-state index is -0.911. The normalized spacial score (nSPS) is 10.8. The topological polar surface area (TPSA) is 95.9 Å². The standard InChI is InChI=1S/C13H24N2O5/c1-5-15(9-11(18)20-6-2)12(19)14-13(3,4)8-7-10(16)17/h5-9H2,1-4H3,(H,14,19)(H,16,17). The molecule has 0 heterocycles. The van der Waals surface area contributed by atoms with Gasteiger partial charge in [0.25, 0.3) is 0 Å². The van der Waals surface area contributed by atoms with Crippen molar-refractivity contribution in [3.05, 3.63) is 0 Å². The van der Waals surface area contributed by atoms with Gasteiger partial charge in [0.2, 0.25) is 0 Å². The number of nitrogens with one attached hydrogen (secondary N) is 1. The van der Waals surface area contributed by atoms with E-state index in [0.717, 1.165) is 0 Å². The van der Waals surface area contributed by atoms with E-state index in [9.17, 15) is 14.4 Å². The molecule has 0 rings (SSSR count). The molecule has 0 radical (unpaired) electrons. The van der Waals surface area contributed by atoms with Crippen LogP contribution in [-0.4, -0.2) is 53.2 Å². The fourth-order valence-corrected chi connectivity index (χ4v) is 1.54. The van der Waals surface area contributed by atoms with E-state index in [1.165, 1.54) is 4.90 Å². The zero-order chi connectivity index (χ0) is 15.8. The molecule has 0 bridgehead atoms. The van der Waals surface area contributed by atoms with E-state index in [1.54, 1.807) is 27.7 Å². The number of likely N-dealkylation sites (N-methyl/N-ethyl adjacent to an activating group) is 1. The van der Waals surface area contributed by atoms with Crippen LogP contribution in [0.3, 0.4) is 0 Å². The van der Waals surface area contributed by atoms with Gasteiger partial charge in [-0.2, -0.15) is 0 Å². The number of urea groups is 1. The monoisotopic (exact) mass is 288 g/mol. The molecular weight excluding hydrogens is 264 g/mol. The van der Waals surface area contributed by atoms with E-state index in [2.05, 4.69) is 5.32 Å². The molecule has 0 aromatic heterocycles. The fourth-order valence-electron chi connectivity index (χ4n) is 1.54. The van der Waals surface area contributed by atoms with Gasteiger partial charge in [-0.3, -0.25) is 9.59 Å². The van der Waals surface area contributed by atoms with Crippen LogP contribution in [0.1, 0.15) is 40.5 Å². The number of esters is 1. The van der Waals surface area contributed by atoms with E-state index < -0.39 is 23.5 Å². The van der Waals surface area contributed by atoms with Crippen LogP contribution in [-0.2, 0) is 14.3 Å². The lowest BCUT2D eigenvalue weighted by Gasteiger charge is -2.29. The third kappa shape index (κ3) is 7.60. The summed E-state index contributed by atoms with van der Waals surface area (Å²) in [6, 6.07) is -0.407. The van der Waals surface area contributed by atoms with Crippen molar-refractivity contribution in [2.24, 2.45) is 0 Å². The van der Waals surface area contributed by atoms with Crippen LogP contribution in [0.4, 0.5) is 4.79 Å². The van der Waals surface area contributed by atoms with Crippen molar-refractivity contribution < 1.29 is 24.2 Å². The molecule has 0 unspecified atom stereocenters. The average Bonchev–Trinajstić information content (AvgIpc) is 2.33. The van der Waals surface area contributed by atoms with Crippen molar-refractivity contribution in [1.82, 2.24) is 10.2 Å². The fraction of sp³-hybridized carbons (Fsp3) is 0.769. The summed E-state index contributed by atoms with van der Waals surface area (Å²) in [6.07, 6.45) is 0.280. The predicted molar refractivity (Wildman–Crippen MR) is 73.4 cm³/mol. The number of amides is 2. The van der Waals surface area contributed by atoms with Crippen LogP contribution in [0.15, 0.2) is 0 Å². The second kappa shape index (κ2) is 8.39. The van der Waals surface area contributed by atoms with Crippen LogP contribution in [0.25, 0.3) is 0 Å². The number of nitrogens with zero attached hydrogens (tertiary/aromatic N) is 1. The Morgan fingerprint density at radius 2 is 1.85 bits per heavy atom. The van der Waals surface area contributed by atoms with Gasteiger partial charge in [0.1, 0.15) is 6.54 Å². The minimum Gasteiger partial charge on any atom is -0.481 e. The summed E-state index contributed by atoms with van der Waals surface area (Å²) >= 11 is 0. The molecule has 0 fully saturated rings. The quantitative estimate of drug-likeness (QED) is 0.655. The highest BCUT2D eigenvalue weighted by atomic mass is 16.5. The van der Waals surface area contributed by atoms with Crippen LogP contribution in [0.5, 0.6) is 0 Å². The van der Waals surface area contributed by atoms with Crippen LogP contribution >= 0.6 is 0 Å². The Morgan fingerprint density at radius 3 is 2.30 bits per heavy atom. The van der Waals surface area contributed by atoms with Gasteiger partial charge in [-0.25, -0.2) is 4.79 Å². The Balaban J connectivity index is 4.46. The molecule has 7 nitrogen and oxygen atoms in total. The van der Waals surface area contributed by atoms with Crippen LogP contribution < -0.4 is 5.32 Å². The summed E-state index contributed by atoms with van der Waals surface area (Å²) in [6.45, 7) is 7.44. The lowest BCUT2D eigenvalue weighted by molar-refractivity contribution is -0.143. The number of aliphatic carboxylic acids is 1. The Morgan fingerprint density at radius 1 is 1.25 bits per heavy atom. The maximum atomic E-state index is 12.0. The summed E-state index contributed by atoms with van der Waals surface area (Å²) in [5.74, 6) is -1.38. The molecule has 0 aromatic carbocycles. The first-order valence-electron chi connectivity index (χ1n) is 6.66. The highest BCUT2D eigenvalue weighted by Gasteiger charge is 2.25. The maximum Gasteiger partial charge on any atom is 0.325 e. The predicted octanol–water partition coefficient (Wildman–Crippen LogP) is 1.22. The number of hydrogen-bond acceptors (Lipinski definition) is 4. The molecule has 20 heavy (non-hydrogen) atoms. The summed E-state index contributed by atoms with van der Waals surface area (Å²) in [4.78, 5) is 35.3. The molecule has 0 saturated heterocycles. The number of carbonyl (C=O) groups is 3. The molecule has 0 saturated carbocycles. The van der Waals surface area contributed by atoms with Crippen LogP contribution in [0, 0.1) is 0 Å². The molecule has 0 aliphatic heterocycles. The van der Waals surface area contributed by atoms with Gasteiger partial charge in [0.15, 0.2) is 0 Å². The molecular formula is C13H24N2O5. The number of carbonyl (C=O) groups excluding carboxylic acids is 2. The van der Waals surface area contributed by atoms with Crippen molar-refractivity contribution in [2.45, 2.75) is 46.1 Å². The summed E-state index contributed by atoms with van der Waals surface area (Å²) < 4.78 is 4.80. The number of hydrogen-bond donors (Lipinski definition) is 2. The van der Waals surface area contributed by atoms with Crippen molar-refractivity contribution >= 4 is 18.0 Å². The lowest BCUT2D eigenvalue weighted by atomic mass is 9.99. The van der Waals surface area contributed by atoms with Crippen molar-refractivity contribution in [2.75, 3.05) is 19.7 Å². The number of carboxylic acid groups (broad SMARTS) is 1.